The van der Waals surface area contributed by atoms with Crippen molar-refractivity contribution in [1.29, 1.82) is 0 Å². The smallest absolute Gasteiger partial charge is 0.274 e. The highest BCUT2D eigenvalue weighted by Gasteiger charge is 2.14. The second-order valence-electron chi connectivity index (χ2n) is 5.65. The minimum atomic E-state index is -0.794. The molecule has 0 spiro atoms. The molecule has 0 atom stereocenters. The van der Waals surface area contributed by atoms with Gasteiger partial charge in [0.25, 0.3) is 5.91 Å². The zero-order valence-corrected chi connectivity index (χ0v) is 14.6. The van der Waals surface area contributed by atoms with E-state index in [2.05, 4.69) is 20.6 Å². The molecule has 0 saturated carbocycles. The molecular weight excluding hydrogens is 354 g/mol. The number of aromatic nitrogens is 2. The lowest BCUT2D eigenvalue weighted by Gasteiger charge is -2.11. The number of carbonyl (C=O) groups excluding carboxylic acids is 1. The number of nitrogens with zero attached hydrogens (tertiary/aromatic N) is 2. The second kappa shape index (κ2) is 7.77. The van der Waals surface area contributed by atoms with Gasteiger partial charge in [-0.05, 0) is 42.8 Å². The predicted molar refractivity (Wildman–Crippen MR) is 97.4 cm³/mol. The lowest BCUT2D eigenvalue weighted by molar-refractivity contribution is 0.102. The first kappa shape index (κ1) is 18.2. The van der Waals surface area contributed by atoms with Gasteiger partial charge in [0.1, 0.15) is 28.8 Å². The average Bonchev–Trinajstić information content (AvgIpc) is 2.65. The Morgan fingerprint density at radius 3 is 2.56 bits per heavy atom. The summed E-state index contributed by atoms with van der Waals surface area (Å²) in [7, 11) is 1.50. The number of anilines is 3. The van der Waals surface area contributed by atoms with Gasteiger partial charge in [0.05, 0.1) is 12.8 Å². The molecule has 1 heterocycles. The summed E-state index contributed by atoms with van der Waals surface area (Å²) in [5.74, 6) is -1.72. The fourth-order valence-corrected chi connectivity index (χ4v) is 2.38. The van der Waals surface area contributed by atoms with Crippen LogP contribution in [0.1, 0.15) is 16.1 Å². The lowest BCUT2D eigenvalue weighted by Crippen LogP contribution is -2.15. The van der Waals surface area contributed by atoms with Gasteiger partial charge in [0.2, 0.25) is 5.95 Å². The largest absolute Gasteiger partial charge is 0.495 e. The van der Waals surface area contributed by atoms with Gasteiger partial charge in [-0.15, -0.1) is 0 Å². The molecule has 6 nitrogen and oxygen atoms in total. The van der Waals surface area contributed by atoms with Crippen molar-refractivity contribution in [1.82, 2.24) is 9.97 Å². The standard InChI is InChI=1S/C19H16F2N4O2/c1-11-6-7-16(27-2)15(10-11)23-18(26)14-8-9-22-19(24-14)25-17-12(20)4-3-5-13(17)21/h3-10H,1-2H3,(H,23,26)(H,22,24,25). The van der Waals surface area contributed by atoms with Crippen molar-refractivity contribution < 1.29 is 18.3 Å². The van der Waals surface area contributed by atoms with E-state index in [1.165, 1.54) is 25.4 Å². The number of aryl methyl sites for hydroxylation is 1. The van der Waals surface area contributed by atoms with Crippen LogP contribution in [0.2, 0.25) is 0 Å². The van der Waals surface area contributed by atoms with Crippen LogP contribution < -0.4 is 15.4 Å². The molecule has 0 unspecified atom stereocenters. The summed E-state index contributed by atoms with van der Waals surface area (Å²) >= 11 is 0. The highest BCUT2D eigenvalue weighted by atomic mass is 19.1. The van der Waals surface area contributed by atoms with Crippen LogP contribution in [-0.4, -0.2) is 23.0 Å². The van der Waals surface area contributed by atoms with Crippen molar-refractivity contribution in [2.24, 2.45) is 0 Å². The van der Waals surface area contributed by atoms with Crippen LogP contribution in [0.25, 0.3) is 0 Å². The summed E-state index contributed by atoms with van der Waals surface area (Å²) in [4.78, 5) is 20.4. The summed E-state index contributed by atoms with van der Waals surface area (Å²) in [6.07, 6.45) is 1.32. The molecule has 0 bridgehead atoms. The number of amides is 1. The van der Waals surface area contributed by atoms with Crippen LogP contribution >= 0.6 is 0 Å². The number of hydrogen-bond acceptors (Lipinski definition) is 5. The zero-order chi connectivity index (χ0) is 19.4. The van der Waals surface area contributed by atoms with E-state index in [9.17, 15) is 13.6 Å². The molecule has 1 amide bonds. The monoisotopic (exact) mass is 370 g/mol. The van der Waals surface area contributed by atoms with Crippen molar-refractivity contribution in [2.45, 2.75) is 6.92 Å². The van der Waals surface area contributed by atoms with E-state index in [1.54, 1.807) is 12.1 Å². The minimum absolute atomic E-state index is 0.0211. The van der Waals surface area contributed by atoms with Crippen molar-refractivity contribution >= 4 is 23.2 Å². The number of carbonyl (C=O) groups is 1. The van der Waals surface area contributed by atoms with E-state index >= 15 is 0 Å². The van der Waals surface area contributed by atoms with Gasteiger partial charge in [-0.1, -0.05) is 12.1 Å². The Balaban J connectivity index is 1.83. The Morgan fingerprint density at radius 2 is 1.85 bits per heavy atom. The molecule has 1 aromatic heterocycles. The molecule has 0 aliphatic carbocycles. The molecule has 0 fully saturated rings. The maximum absolute atomic E-state index is 13.8. The van der Waals surface area contributed by atoms with Gasteiger partial charge in [-0.2, -0.15) is 0 Å². The Labute approximate surface area is 154 Å². The summed E-state index contributed by atoms with van der Waals surface area (Å²) in [6, 6.07) is 10.2. The van der Waals surface area contributed by atoms with Crippen molar-refractivity contribution in [3.05, 3.63) is 71.6 Å². The van der Waals surface area contributed by atoms with Gasteiger partial charge in [0.15, 0.2) is 0 Å². The molecule has 27 heavy (non-hydrogen) atoms. The number of hydrogen-bond donors (Lipinski definition) is 2. The quantitative estimate of drug-likeness (QED) is 0.708. The van der Waals surface area contributed by atoms with Crippen molar-refractivity contribution in [3.8, 4) is 5.75 Å². The van der Waals surface area contributed by atoms with E-state index in [0.717, 1.165) is 17.7 Å². The van der Waals surface area contributed by atoms with Crippen molar-refractivity contribution in [2.75, 3.05) is 17.7 Å². The van der Waals surface area contributed by atoms with Crippen LogP contribution in [-0.2, 0) is 0 Å². The molecule has 0 aliphatic heterocycles. The molecule has 0 aliphatic rings. The molecular formula is C19H16F2N4O2. The van der Waals surface area contributed by atoms with Gasteiger partial charge < -0.3 is 15.4 Å². The first-order valence-corrected chi connectivity index (χ1v) is 7.98. The Bertz CT molecular complexity index is 975. The minimum Gasteiger partial charge on any atom is -0.495 e. The SMILES string of the molecule is COc1ccc(C)cc1NC(=O)c1ccnc(Nc2c(F)cccc2F)n1. The van der Waals surface area contributed by atoms with Crippen LogP contribution in [0.15, 0.2) is 48.7 Å². The summed E-state index contributed by atoms with van der Waals surface area (Å²) in [5.41, 5.74) is 1.05. The number of para-hydroxylation sites is 1. The summed E-state index contributed by atoms with van der Waals surface area (Å²) in [5, 5.41) is 5.16. The first-order valence-electron chi connectivity index (χ1n) is 7.98. The normalized spacial score (nSPS) is 10.4. The summed E-state index contributed by atoms with van der Waals surface area (Å²) in [6.45, 7) is 1.88. The Hall–Kier alpha value is -3.55. The number of ether oxygens (including phenoxy) is 1. The second-order valence-corrected chi connectivity index (χ2v) is 5.65. The average molecular weight is 370 g/mol. The molecule has 3 aromatic rings. The number of methoxy groups -OCH3 is 1. The van der Waals surface area contributed by atoms with E-state index in [0.29, 0.717) is 11.4 Å². The van der Waals surface area contributed by atoms with E-state index in [-0.39, 0.29) is 11.6 Å². The fourth-order valence-electron chi connectivity index (χ4n) is 2.38. The number of nitrogens with one attached hydrogen (secondary N) is 2. The first-order chi connectivity index (χ1) is 13.0. The van der Waals surface area contributed by atoms with Crippen LogP contribution in [0.4, 0.5) is 26.1 Å². The third-order valence-corrected chi connectivity index (χ3v) is 3.69. The molecule has 0 saturated heterocycles. The third kappa shape index (κ3) is 4.17. The van der Waals surface area contributed by atoms with Crippen LogP contribution in [0, 0.1) is 18.6 Å². The maximum atomic E-state index is 13.8. The third-order valence-electron chi connectivity index (χ3n) is 3.69. The molecule has 3 rings (SSSR count). The molecule has 0 radical (unpaired) electrons. The van der Waals surface area contributed by atoms with Gasteiger partial charge in [-0.25, -0.2) is 18.7 Å². The van der Waals surface area contributed by atoms with Gasteiger partial charge >= 0.3 is 0 Å². The summed E-state index contributed by atoms with van der Waals surface area (Å²) < 4.78 is 32.7. The molecule has 138 valence electrons. The van der Waals surface area contributed by atoms with E-state index < -0.39 is 23.2 Å². The van der Waals surface area contributed by atoms with Crippen LogP contribution in [0.3, 0.4) is 0 Å². The topological polar surface area (TPSA) is 76.1 Å². The predicted octanol–water partition coefficient (Wildman–Crippen LogP) is 4.07. The Kier molecular flexibility index (Phi) is 5.25. The number of halogens is 2. The van der Waals surface area contributed by atoms with Gasteiger partial charge in [-0.3, -0.25) is 4.79 Å². The fraction of sp³-hybridized carbons (Fsp3) is 0.105. The highest BCUT2D eigenvalue weighted by Crippen LogP contribution is 2.26. The Morgan fingerprint density at radius 1 is 1.11 bits per heavy atom. The van der Waals surface area contributed by atoms with Gasteiger partial charge in [0, 0.05) is 6.20 Å². The number of benzene rings is 2. The van der Waals surface area contributed by atoms with E-state index in [1.807, 2.05) is 13.0 Å². The highest BCUT2D eigenvalue weighted by molar-refractivity contribution is 6.03. The zero-order valence-electron chi connectivity index (χ0n) is 14.6. The lowest BCUT2D eigenvalue weighted by atomic mass is 10.2. The maximum Gasteiger partial charge on any atom is 0.274 e. The van der Waals surface area contributed by atoms with Crippen molar-refractivity contribution in [3.63, 3.8) is 0 Å². The molecule has 2 aromatic carbocycles. The molecule has 8 heteroatoms. The number of rotatable bonds is 5. The van der Waals surface area contributed by atoms with Crippen LogP contribution in [0.5, 0.6) is 5.75 Å². The molecule has 2 N–H and O–H groups in total. The van der Waals surface area contributed by atoms with E-state index in [4.69, 9.17) is 4.74 Å².